The summed E-state index contributed by atoms with van der Waals surface area (Å²) in [6.07, 6.45) is 2.96. The van der Waals surface area contributed by atoms with E-state index in [0.717, 1.165) is 25.9 Å². The summed E-state index contributed by atoms with van der Waals surface area (Å²) in [7, 11) is 0. The van der Waals surface area contributed by atoms with E-state index in [1.165, 1.54) is 0 Å². The molecule has 0 radical (unpaired) electrons. The van der Waals surface area contributed by atoms with Crippen molar-refractivity contribution in [1.29, 1.82) is 0 Å². The molecule has 0 aliphatic heterocycles. The number of carbonyl (C=O) groups is 1. The van der Waals surface area contributed by atoms with E-state index < -0.39 is 0 Å². The Morgan fingerprint density at radius 3 is 2.50 bits per heavy atom. The van der Waals surface area contributed by atoms with Crippen molar-refractivity contribution in [2.24, 2.45) is 5.92 Å². The van der Waals surface area contributed by atoms with E-state index in [1.807, 2.05) is 13.8 Å². The molecule has 0 aromatic heterocycles. The second kappa shape index (κ2) is 9.00. The van der Waals surface area contributed by atoms with Gasteiger partial charge in [0.15, 0.2) is 0 Å². The van der Waals surface area contributed by atoms with E-state index >= 15 is 0 Å². The maximum Gasteiger partial charge on any atom is 0.311 e. The van der Waals surface area contributed by atoms with Crippen molar-refractivity contribution < 1.29 is 14.3 Å². The molecule has 0 aromatic carbocycles. The van der Waals surface area contributed by atoms with Crippen LogP contribution in [-0.4, -0.2) is 25.8 Å². The summed E-state index contributed by atoms with van der Waals surface area (Å²) in [6.45, 7) is 7.60. The summed E-state index contributed by atoms with van der Waals surface area (Å²) in [5.74, 6) is -0.224. The van der Waals surface area contributed by atoms with Gasteiger partial charge in [-0.2, -0.15) is 0 Å². The van der Waals surface area contributed by atoms with Gasteiger partial charge in [0.2, 0.25) is 0 Å². The van der Waals surface area contributed by atoms with Gasteiger partial charge in [0, 0.05) is 6.61 Å². The Labute approximate surface area is 86.8 Å². The first-order valence-electron chi connectivity index (χ1n) is 5.50. The predicted molar refractivity (Wildman–Crippen MR) is 56.1 cm³/mol. The lowest BCUT2D eigenvalue weighted by atomic mass is 10.1. The molecular weight excluding hydrogens is 180 g/mol. The van der Waals surface area contributed by atoms with Crippen LogP contribution in [0.4, 0.5) is 0 Å². The van der Waals surface area contributed by atoms with E-state index in [0.29, 0.717) is 13.2 Å². The van der Waals surface area contributed by atoms with Gasteiger partial charge in [-0.25, -0.2) is 0 Å². The highest BCUT2D eigenvalue weighted by Gasteiger charge is 2.17. The van der Waals surface area contributed by atoms with Gasteiger partial charge >= 0.3 is 5.97 Å². The highest BCUT2D eigenvalue weighted by molar-refractivity contribution is 5.72. The van der Waals surface area contributed by atoms with Crippen molar-refractivity contribution in [3.8, 4) is 0 Å². The van der Waals surface area contributed by atoms with Crippen molar-refractivity contribution >= 4 is 5.97 Å². The molecule has 3 nitrogen and oxygen atoms in total. The zero-order valence-electron chi connectivity index (χ0n) is 9.54. The van der Waals surface area contributed by atoms with Gasteiger partial charge in [-0.1, -0.05) is 20.3 Å². The van der Waals surface area contributed by atoms with Crippen LogP contribution < -0.4 is 0 Å². The summed E-state index contributed by atoms with van der Waals surface area (Å²) >= 11 is 0. The van der Waals surface area contributed by atoms with E-state index in [4.69, 9.17) is 9.47 Å². The molecule has 0 amide bonds. The maximum atomic E-state index is 11.3. The van der Waals surface area contributed by atoms with Crippen LogP contribution in [-0.2, 0) is 14.3 Å². The molecule has 0 spiro atoms. The lowest BCUT2D eigenvalue weighted by Gasteiger charge is -2.13. The van der Waals surface area contributed by atoms with Crippen molar-refractivity contribution in [3.05, 3.63) is 0 Å². The smallest absolute Gasteiger partial charge is 0.311 e. The summed E-state index contributed by atoms with van der Waals surface area (Å²) in [6, 6.07) is 0. The molecular formula is C11H22O3. The van der Waals surface area contributed by atoms with E-state index in [-0.39, 0.29) is 11.9 Å². The Hall–Kier alpha value is -0.570. The van der Waals surface area contributed by atoms with Gasteiger partial charge < -0.3 is 9.47 Å². The zero-order chi connectivity index (χ0) is 10.8. The van der Waals surface area contributed by atoms with Crippen LogP contribution >= 0.6 is 0 Å². The monoisotopic (exact) mass is 202 g/mol. The molecule has 1 unspecified atom stereocenters. The van der Waals surface area contributed by atoms with Gasteiger partial charge in [-0.3, -0.25) is 4.79 Å². The summed E-state index contributed by atoms with van der Waals surface area (Å²) in [5, 5.41) is 0. The third-order valence-electron chi connectivity index (χ3n) is 2.07. The molecule has 0 saturated heterocycles. The molecule has 0 aliphatic rings. The third-order valence-corrected chi connectivity index (χ3v) is 2.07. The van der Waals surface area contributed by atoms with Crippen molar-refractivity contribution in [1.82, 2.24) is 0 Å². The molecule has 0 fully saturated rings. The average Bonchev–Trinajstić information content (AvgIpc) is 2.18. The minimum atomic E-state index is -0.133. The Kier molecular flexibility index (Phi) is 8.64. The zero-order valence-corrected chi connectivity index (χ0v) is 9.54. The van der Waals surface area contributed by atoms with Crippen LogP contribution in [0.15, 0.2) is 0 Å². The summed E-state index contributed by atoms with van der Waals surface area (Å²) in [4.78, 5) is 11.3. The second-order valence-corrected chi connectivity index (χ2v) is 3.29. The molecule has 0 heterocycles. The van der Waals surface area contributed by atoms with Gasteiger partial charge in [-0.05, 0) is 19.8 Å². The minimum absolute atomic E-state index is 0.0909. The van der Waals surface area contributed by atoms with E-state index in [2.05, 4.69) is 6.92 Å². The molecule has 0 aromatic rings. The molecule has 3 heteroatoms. The van der Waals surface area contributed by atoms with Gasteiger partial charge in [-0.15, -0.1) is 0 Å². The fraction of sp³-hybridized carbons (Fsp3) is 0.909. The lowest BCUT2D eigenvalue weighted by Crippen LogP contribution is -2.22. The van der Waals surface area contributed by atoms with Crippen molar-refractivity contribution in [2.75, 3.05) is 19.8 Å². The Morgan fingerprint density at radius 2 is 2.00 bits per heavy atom. The largest absolute Gasteiger partial charge is 0.466 e. The van der Waals surface area contributed by atoms with Gasteiger partial charge in [0.25, 0.3) is 0 Å². The first-order chi connectivity index (χ1) is 6.76. The molecule has 0 N–H and O–H groups in total. The fourth-order valence-electron chi connectivity index (χ4n) is 1.08. The van der Waals surface area contributed by atoms with Gasteiger partial charge in [0.05, 0.1) is 19.1 Å². The number of hydrogen-bond acceptors (Lipinski definition) is 3. The number of ether oxygens (including phenoxy) is 2. The minimum Gasteiger partial charge on any atom is -0.466 e. The summed E-state index contributed by atoms with van der Waals surface area (Å²) < 4.78 is 10.3. The van der Waals surface area contributed by atoms with Crippen LogP contribution in [0.2, 0.25) is 0 Å². The number of esters is 1. The number of carbonyl (C=O) groups excluding carboxylic acids is 1. The Balaban J connectivity index is 3.62. The second-order valence-electron chi connectivity index (χ2n) is 3.29. The fourth-order valence-corrected chi connectivity index (χ4v) is 1.08. The van der Waals surface area contributed by atoms with Crippen LogP contribution in [0.3, 0.4) is 0 Å². The maximum absolute atomic E-state index is 11.3. The summed E-state index contributed by atoms with van der Waals surface area (Å²) in [5.41, 5.74) is 0. The van der Waals surface area contributed by atoms with Crippen LogP contribution in [0.1, 0.15) is 40.0 Å². The highest BCUT2D eigenvalue weighted by Crippen LogP contribution is 2.06. The standard InChI is InChI=1S/C11H22O3/c1-4-7-8-13-9-10(5-2)11(12)14-6-3/h10H,4-9H2,1-3H3. The molecule has 0 rings (SSSR count). The molecule has 84 valence electrons. The Bertz CT molecular complexity index is 145. The Morgan fingerprint density at radius 1 is 1.29 bits per heavy atom. The first-order valence-corrected chi connectivity index (χ1v) is 5.50. The molecule has 0 aliphatic carbocycles. The number of hydrogen-bond donors (Lipinski definition) is 0. The number of unbranched alkanes of at least 4 members (excludes halogenated alkanes) is 1. The van der Waals surface area contributed by atoms with Gasteiger partial charge in [0.1, 0.15) is 0 Å². The van der Waals surface area contributed by atoms with E-state index in [1.54, 1.807) is 0 Å². The topological polar surface area (TPSA) is 35.5 Å². The third kappa shape index (κ3) is 5.97. The SMILES string of the molecule is CCCCOCC(CC)C(=O)OCC. The quantitative estimate of drug-likeness (QED) is 0.448. The van der Waals surface area contributed by atoms with Crippen molar-refractivity contribution in [3.63, 3.8) is 0 Å². The van der Waals surface area contributed by atoms with Crippen molar-refractivity contribution in [2.45, 2.75) is 40.0 Å². The van der Waals surface area contributed by atoms with Crippen LogP contribution in [0, 0.1) is 5.92 Å². The average molecular weight is 202 g/mol. The predicted octanol–water partition coefficient (Wildman–Crippen LogP) is 2.39. The number of rotatable bonds is 8. The molecule has 1 atom stereocenters. The highest BCUT2D eigenvalue weighted by atomic mass is 16.5. The van der Waals surface area contributed by atoms with Crippen LogP contribution in [0.5, 0.6) is 0 Å². The molecule has 0 saturated carbocycles. The lowest BCUT2D eigenvalue weighted by molar-refractivity contribution is -0.150. The van der Waals surface area contributed by atoms with Crippen LogP contribution in [0.25, 0.3) is 0 Å². The molecule has 0 bridgehead atoms. The normalized spacial score (nSPS) is 12.5. The van der Waals surface area contributed by atoms with E-state index in [9.17, 15) is 4.79 Å². The first kappa shape index (κ1) is 13.4. The molecule has 14 heavy (non-hydrogen) atoms.